The van der Waals surface area contributed by atoms with Gasteiger partial charge in [0.2, 0.25) is 0 Å². The van der Waals surface area contributed by atoms with E-state index in [1.54, 1.807) is 0 Å². The van der Waals surface area contributed by atoms with Crippen molar-refractivity contribution >= 4 is 23.6 Å². The zero-order valence-electron chi connectivity index (χ0n) is 22.5. The van der Waals surface area contributed by atoms with Crippen LogP contribution in [-0.4, -0.2) is 71.0 Å². The van der Waals surface area contributed by atoms with Crippen LogP contribution >= 0.6 is 0 Å². The third-order valence-corrected chi connectivity index (χ3v) is 7.22. The number of morpholine rings is 1. The molecule has 2 aromatic rings. The lowest BCUT2D eigenvalue weighted by molar-refractivity contribution is 0.0955. The van der Waals surface area contributed by atoms with Gasteiger partial charge in [-0.05, 0) is 50.5 Å². The summed E-state index contributed by atoms with van der Waals surface area (Å²) in [6.07, 6.45) is -0.949. The van der Waals surface area contributed by atoms with E-state index in [-0.39, 0.29) is 23.4 Å². The lowest BCUT2D eigenvalue weighted by Gasteiger charge is -2.45. The highest BCUT2D eigenvalue weighted by Crippen LogP contribution is 2.48. The van der Waals surface area contributed by atoms with Gasteiger partial charge in [-0.15, -0.1) is 0 Å². The average molecular weight is 511 g/mol. The molecule has 0 saturated carbocycles. The lowest BCUT2D eigenvalue weighted by atomic mass is 9.72. The average Bonchev–Trinajstić information content (AvgIpc) is 2.84. The van der Waals surface area contributed by atoms with Gasteiger partial charge in [0.05, 0.1) is 31.0 Å². The summed E-state index contributed by atoms with van der Waals surface area (Å²) in [5.74, 6) is 1.32. The van der Waals surface area contributed by atoms with Crippen LogP contribution in [0.4, 0.5) is 21.1 Å². The van der Waals surface area contributed by atoms with Gasteiger partial charge in [-0.1, -0.05) is 20.8 Å². The quantitative estimate of drug-likeness (QED) is 0.546. The Morgan fingerprint density at radius 3 is 2.46 bits per heavy atom. The summed E-state index contributed by atoms with van der Waals surface area (Å²) in [7, 11) is 0. The second kappa shape index (κ2) is 10.5. The number of fused-ring (bicyclic) bond motifs is 1. The van der Waals surface area contributed by atoms with Gasteiger partial charge in [0.1, 0.15) is 5.82 Å². The van der Waals surface area contributed by atoms with Crippen molar-refractivity contribution in [2.45, 2.75) is 59.5 Å². The van der Waals surface area contributed by atoms with Crippen LogP contribution in [0.3, 0.4) is 0 Å². The van der Waals surface area contributed by atoms with Crippen molar-refractivity contribution in [3.05, 3.63) is 35.5 Å². The molecule has 1 aromatic carbocycles. The maximum absolute atomic E-state index is 12.2. The summed E-state index contributed by atoms with van der Waals surface area (Å²) in [5.41, 5.74) is 3.03. The van der Waals surface area contributed by atoms with Crippen LogP contribution in [0.15, 0.2) is 24.3 Å². The molecule has 200 valence electrons. The van der Waals surface area contributed by atoms with E-state index in [1.165, 1.54) is 4.90 Å². The number of carboxylic acid groups (broad SMARTS) is 1. The Balaban J connectivity index is 1.85. The third kappa shape index (κ3) is 5.49. The van der Waals surface area contributed by atoms with E-state index in [0.29, 0.717) is 44.4 Å². The molecule has 3 atom stereocenters. The molecular formula is C27H38N6O4. The van der Waals surface area contributed by atoms with E-state index in [9.17, 15) is 14.7 Å². The van der Waals surface area contributed by atoms with Crippen LogP contribution in [0.5, 0.6) is 0 Å². The van der Waals surface area contributed by atoms with E-state index in [1.807, 2.05) is 38.1 Å². The van der Waals surface area contributed by atoms with Crippen LogP contribution in [-0.2, 0) is 4.74 Å². The molecule has 1 fully saturated rings. The molecular weight excluding hydrogens is 472 g/mol. The number of carbonyl (C=O) groups is 2. The van der Waals surface area contributed by atoms with Crippen LogP contribution in [0.2, 0.25) is 0 Å². The number of hydrogen-bond donors (Lipinski definition) is 3. The predicted molar refractivity (Wildman–Crippen MR) is 143 cm³/mol. The van der Waals surface area contributed by atoms with Gasteiger partial charge in [-0.2, -0.15) is 0 Å². The first-order valence-corrected chi connectivity index (χ1v) is 12.9. The number of anilines is 2. The van der Waals surface area contributed by atoms with Gasteiger partial charge < -0.3 is 25.4 Å². The number of amides is 3. The number of hydrogen-bond acceptors (Lipinski definition) is 6. The monoisotopic (exact) mass is 510 g/mol. The molecule has 10 heteroatoms. The molecule has 0 bridgehead atoms. The predicted octanol–water partition coefficient (Wildman–Crippen LogP) is 4.69. The van der Waals surface area contributed by atoms with Crippen molar-refractivity contribution in [1.82, 2.24) is 20.2 Å². The molecule has 0 aliphatic carbocycles. The first-order chi connectivity index (χ1) is 17.5. The summed E-state index contributed by atoms with van der Waals surface area (Å²) < 4.78 is 5.71. The maximum Gasteiger partial charge on any atom is 0.407 e. The Labute approximate surface area is 218 Å². The van der Waals surface area contributed by atoms with Gasteiger partial charge in [0.15, 0.2) is 5.82 Å². The molecule has 1 aromatic heterocycles. The van der Waals surface area contributed by atoms with Crippen molar-refractivity contribution in [2.75, 3.05) is 43.1 Å². The molecule has 1 saturated heterocycles. The summed E-state index contributed by atoms with van der Waals surface area (Å²) in [4.78, 5) is 38.0. The molecule has 0 radical (unpaired) electrons. The number of nitrogens with one attached hydrogen (secondary N) is 2. The summed E-state index contributed by atoms with van der Waals surface area (Å²) >= 11 is 0. The number of carbonyl (C=O) groups excluding carboxylic acids is 1. The minimum atomic E-state index is -0.949. The van der Waals surface area contributed by atoms with Crippen LogP contribution in [0.25, 0.3) is 11.4 Å². The van der Waals surface area contributed by atoms with E-state index in [0.717, 1.165) is 22.6 Å². The van der Waals surface area contributed by atoms with Crippen molar-refractivity contribution < 1.29 is 19.4 Å². The number of nitrogens with zero attached hydrogens (tertiary/aromatic N) is 4. The highest BCUT2D eigenvalue weighted by molar-refractivity contribution is 5.89. The number of benzene rings is 1. The fourth-order valence-corrected chi connectivity index (χ4v) is 5.10. The smallest absolute Gasteiger partial charge is 0.407 e. The Bertz CT molecular complexity index is 1150. The zero-order valence-corrected chi connectivity index (χ0v) is 22.5. The maximum atomic E-state index is 12.2. The highest BCUT2D eigenvalue weighted by atomic mass is 16.5. The van der Waals surface area contributed by atoms with Crippen molar-refractivity contribution in [2.24, 2.45) is 5.41 Å². The summed E-state index contributed by atoms with van der Waals surface area (Å²) in [6.45, 7) is 15.1. The van der Waals surface area contributed by atoms with Crippen molar-refractivity contribution in [3.63, 3.8) is 0 Å². The molecule has 3 amide bonds. The van der Waals surface area contributed by atoms with Crippen LogP contribution in [0.1, 0.15) is 64.8 Å². The second-order valence-corrected chi connectivity index (χ2v) is 10.9. The molecule has 2 aliphatic heterocycles. The van der Waals surface area contributed by atoms with Crippen LogP contribution < -0.4 is 15.5 Å². The summed E-state index contributed by atoms with van der Waals surface area (Å²) in [5, 5.41) is 15.5. The molecule has 0 spiro atoms. The second-order valence-electron chi connectivity index (χ2n) is 10.9. The largest absolute Gasteiger partial charge is 0.465 e. The Morgan fingerprint density at radius 2 is 1.86 bits per heavy atom. The molecule has 2 aliphatic rings. The normalized spacial score (nSPS) is 21.8. The SMILES string of the molecule is CCNC(=O)Nc1ccc(-c2nc3c(c(N4CCOC[C@@H]4C)n2)[C@@H](C(C)(C)C)CN(C(=O)O)C3C)cc1. The Hall–Kier alpha value is -3.40. The van der Waals surface area contributed by atoms with E-state index < -0.39 is 12.1 Å². The third-order valence-electron chi connectivity index (χ3n) is 7.22. The van der Waals surface area contributed by atoms with Crippen LogP contribution in [0, 0.1) is 5.41 Å². The minimum absolute atomic E-state index is 0.0717. The molecule has 10 nitrogen and oxygen atoms in total. The fourth-order valence-electron chi connectivity index (χ4n) is 5.10. The van der Waals surface area contributed by atoms with Gasteiger partial charge in [0.25, 0.3) is 0 Å². The highest BCUT2D eigenvalue weighted by Gasteiger charge is 2.43. The summed E-state index contributed by atoms with van der Waals surface area (Å²) in [6, 6.07) is 6.82. The first kappa shape index (κ1) is 26.7. The molecule has 4 rings (SSSR count). The Morgan fingerprint density at radius 1 is 1.16 bits per heavy atom. The minimum Gasteiger partial charge on any atom is -0.465 e. The van der Waals surface area contributed by atoms with Crippen molar-refractivity contribution in [3.8, 4) is 11.4 Å². The van der Waals surface area contributed by atoms with Gasteiger partial charge >= 0.3 is 12.1 Å². The molecule has 37 heavy (non-hydrogen) atoms. The number of rotatable bonds is 4. The van der Waals surface area contributed by atoms with Gasteiger partial charge in [0, 0.05) is 42.4 Å². The topological polar surface area (TPSA) is 120 Å². The van der Waals surface area contributed by atoms with E-state index in [4.69, 9.17) is 14.7 Å². The zero-order chi connectivity index (χ0) is 26.9. The van der Waals surface area contributed by atoms with Gasteiger partial charge in [-0.3, -0.25) is 4.90 Å². The molecule has 1 unspecified atom stereocenters. The standard InChI is InChI=1S/C27H38N6O4/c1-7-28-25(34)29-19-10-8-18(9-11-19)23-30-22-17(3)33(26(35)36)14-20(27(4,5)6)21(22)24(31-23)32-12-13-37-15-16(32)2/h8-11,16-17,20H,7,12-15H2,1-6H3,(H,35,36)(H2,28,29,34)/t16-,17?,20-/m0/s1. The Kier molecular flexibility index (Phi) is 7.59. The van der Waals surface area contributed by atoms with Gasteiger partial charge in [-0.25, -0.2) is 19.6 Å². The van der Waals surface area contributed by atoms with E-state index >= 15 is 0 Å². The number of urea groups is 1. The van der Waals surface area contributed by atoms with E-state index in [2.05, 4.69) is 43.2 Å². The fraction of sp³-hybridized carbons (Fsp3) is 0.556. The molecule has 3 N–H and O–H groups in total. The number of ether oxygens (including phenoxy) is 1. The van der Waals surface area contributed by atoms with Crippen molar-refractivity contribution in [1.29, 1.82) is 0 Å². The lowest BCUT2D eigenvalue weighted by Crippen LogP contribution is -2.48. The first-order valence-electron chi connectivity index (χ1n) is 12.9. The number of aromatic nitrogens is 2. The molecule has 3 heterocycles.